The smallest absolute Gasteiger partial charge is 0.406 e. The molecule has 1 fully saturated rings. The lowest BCUT2D eigenvalue weighted by molar-refractivity contribution is -0.274. The van der Waals surface area contributed by atoms with E-state index in [2.05, 4.69) is 20.7 Å². The maximum Gasteiger partial charge on any atom is 0.573 e. The first-order valence-corrected chi connectivity index (χ1v) is 10.7. The highest BCUT2D eigenvalue weighted by molar-refractivity contribution is 9.10. The summed E-state index contributed by atoms with van der Waals surface area (Å²) in [7, 11) is -3.84. The maximum atomic E-state index is 12.9. The molecule has 140 valence electrons. The van der Waals surface area contributed by atoms with Crippen LogP contribution in [0.25, 0.3) is 0 Å². The van der Waals surface area contributed by atoms with Gasteiger partial charge >= 0.3 is 6.36 Å². The summed E-state index contributed by atoms with van der Waals surface area (Å²) < 4.78 is 68.6. The van der Waals surface area contributed by atoms with Gasteiger partial charge in [-0.25, -0.2) is 8.42 Å². The molecule has 1 aliphatic rings. The van der Waals surface area contributed by atoms with Crippen molar-refractivity contribution in [1.82, 2.24) is 4.31 Å². The molecule has 0 radical (unpaired) electrons. The van der Waals surface area contributed by atoms with Crippen LogP contribution in [0, 0.1) is 0 Å². The standard InChI is InChI=1S/C16H13BrF3NO3S2/c17-12-3-1-11(2-4-12)15-21(9-10-25-15)26(22,23)14-7-5-13(6-8-14)24-16(18,19)20/h1-8,15H,9-10H2. The van der Waals surface area contributed by atoms with Crippen molar-refractivity contribution in [2.75, 3.05) is 12.3 Å². The van der Waals surface area contributed by atoms with Crippen molar-refractivity contribution in [2.24, 2.45) is 0 Å². The lowest BCUT2D eigenvalue weighted by Crippen LogP contribution is -2.30. The average molecular weight is 468 g/mol. The minimum atomic E-state index is -4.82. The fourth-order valence-electron chi connectivity index (χ4n) is 2.54. The van der Waals surface area contributed by atoms with Gasteiger partial charge < -0.3 is 4.74 Å². The normalized spacial score (nSPS) is 18.8. The van der Waals surface area contributed by atoms with Crippen LogP contribution in [0.4, 0.5) is 13.2 Å². The van der Waals surface area contributed by atoms with Crippen molar-refractivity contribution >= 4 is 37.7 Å². The number of rotatable bonds is 4. The zero-order chi connectivity index (χ0) is 18.9. The van der Waals surface area contributed by atoms with Crippen molar-refractivity contribution in [3.8, 4) is 5.75 Å². The summed E-state index contributed by atoms with van der Waals surface area (Å²) in [5.74, 6) is 0.173. The first kappa shape index (κ1) is 19.5. The maximum absolute atomic E-state index is 12.9. The third-order valence-electron chi connectivity index (χ3n) is 3.67. The highest BCUT2D eigenvalue weighted by Crippen LogP contribution is 2.41. The summed E-state index contributed by atoms with van der Waals surface area (Å²) in [6, 6.07) is 11.6. The van der Waals surface area contributed by atoms with E-state index in [1.54, 1.807) is 0 Å². The van der Waals surface area contributed by atoms with Crippen molar-refractivity contribution in [1.29, 1.82) is 0 Å². The second kappa shape index (κ2) is 7.41. The van der Waals surface area contributed by atoms with Crippen LogP contribution < -0.4 is 4.74 Å². The Labute approximate surface area is 161 Å². The van der Waals surface area contributed by atoms with Gasteiger partial charge in [0.1, 0.15) is 5.75 Å². The SMILES string of the molecule is O=S(=O)(c1ccc(OC(F)(F)F)cc1)N1CCSC1c1ccc(Br)cc1. The van der Waals surface area contributed by atoms with Crippen molar-refractivity contribution in [3.05, 3.63) is 58.6 Å². The predicted octanol–water partition coefficient (Wildman–Crippen LogP) is 4.78. The molecule has 1 saturated heterocycles. The van der Waals surface area contributed by atoms with Crippen LogP contribution in [-0.4, -0.2) is 31.4 Å². The van der Waals surface area contributed by atoms with E-state index in [0.717, 1.165) is 34.3 Å². The second-order valence-corrected chi connectivity index (χ2v) is 9.40. The molecule has 0 aliphatic carbocycles. The van der Waals surface area contributed by atoms with Gasteiger partial charge in [0.15, 0.2) is 0 Å². The fraction of sp³-hybridized carbons (Fsp3) is 0.250. The monoisotopic (exact) mass is 467 g/mol. The van der Waals surface area contributed by atoms with E-state index in [-0.39, 0.29) is 10.3 Å². The molecule has 0 aromatic heterocycles. The Morgan fingerprint density at radius 3 is 2.27 bits per heavy atom. The van der Waals surface area contributed by atoms with E-state index >= 15 is 0 Å². The Morgan fingerprint density at radius 1 is 1.08 bits per heavy atom. The molecule has 1 aliphatic heterocycles. The molecule has 3 rings (SSSR count). The number of sulfonamides is 1. The van der Waals surface area contributed by atoms with Gasteiger partial charge in [0.2, 0.25) is 10.0 Å². The van der Waals surface area contributed by atoms with Crippen LogP contribution in [0.2, 0.25) is 0 Å². The van der Waals surface area contributed by atoms with Crippen LogP contribution in [0.15, 0.2) is 57.9 Å². The van der Waals surface area contributed by atoms with Gasteiger partial charge in [0, 0.05) is 16.8 Å². The Morgan fingerprint density at radius 2 is 1.69 bits per heavy atom. The molecular formula is C16H13BrF3NO3S2. The van der Waals surface area contributed by atoms with Gasteiger partial charge in [0.05, 0.1) is 10.3 Å². The predicted molar refractivity (Wildman–Crippen MR) is 96.4 cm³/mol. The van der Waals surface area contributed by atoms with E-state index in [9.17, 15) is 21.6 Å². The quantitative estimate of drug-likeness (QED) is 0.648. The highest BCUT2D eigenvalue weighted by Gasteiger charge is 2.37. The number of alkyl halides is 3. The molecule has 1 unspecified atom stereocenters. The summed E-state index contributed by atoms with van der Waals surface area (Å²) in [4.78, 5) is -0.0726. The molecule has 10 heteroatoms. The Kier molecular flexibility index (Phi) is 5.57. The zero-order valence-corrected chi connectivity index (χ0v) is 16.3. The lowest BCUT2D eigenvalue weighted by atomic mass is 10.2. The molecule has 2 aromatic rings. The fourth-order valence-corrected chi connectivity index (χ4v) is 6.04. The minimum Gasteiger partial charge on any atom is -0.406 e. The van der Waals surface area contributed by atoms with Gasteiger partial charge in [-0.1, -0.05) is 28.1 Å². The zero-order valence-electron chi connectivity index (χ0n) is 13.1. The third-order valence-corrected chi connectivity index (χ3v) is 7.47. The summed E-state index contributed by atoms with van der Waals surface area (Å²) in [6.45, 7) is 0.328. The Bertz CT molecular complexity index is 871. The summed E-state index contributed by atoms with van der Waals surface area (Å²) in [5, 5.41) is -0.376. The topological polar surface area (TPSA) is 46.6 Å². The second-order valence-electron chi connectivity index (χ2n) is 5.41. The molecular weight excluding hydrogens is 455 g/mol. The number of hydrogen-bond acceptors (Lipinski definition) is 4. The van der Waals surface area contributed by atoms with Crippen LogP contribution in [0.3, 0.4) is 0 Å². The van der Waals surface area contributed by atoms with Crippen molar-refractivity contribution in [3.63, 3.8) is 0 Å². The van der Waals surface area contributed by atoms with Crippen molar-refractivity contribution < 1.29 is 26.3 Å². The Hall–Kier alpha value is -1.23. The van der Waals surface area contributed by atoms with Gasteiger partial charge in [-0.3, -0.25) is 0 Å². The largest absolute Gasteiger partial charge is 0.573 e. The van der Waals surface area contributed by atoms with E-state index in [0.29, 0.717) is 12.3 Å². The summed E-state index contributed by atoms with van der Waals surface area (Å²) >= 11 is 4.84. The molecule has 1 heterocycles. The molecule has 26 heavy (non-hydrogen) atoms. The minimum absolute atomic E-state index is 0.0726. The van der Waals surface area contributed by atoms with E-state index < -0.39 is 22.1 Å². The van der Waals surface area contributed by atoms with E-state index in [4.69, 9.17) is 0 Å². The molecule has 1 atom stereocenters. The van der Waals surface area contributed by atoms with Crippen LogP contribution >= 0.6 is 27.7 Å². The lowest BCUT2D eigenvalue weighted by Gasteiger charge is -2.23. The number of benzene rings is 2. The third kappa shape index (κ3) is 4.36. The number of thioether (sulfide) groups is 1. The van der Waals surface area contributed by atoms with Crippen LogP contribution in [0.5, 0.6) is 5.75 Å². The van der Waals surface area contributed by atoms with Gasteiger partial charge in [-0.15, -0.1) is 24.9 Å². The number of nitrogens with zero attached hydrogens (tertiary/aromatic N) is 1. The van der Waals surface area contributed by atoms with Crippen LogP contribution in [0.1, 0.15) is 10.9 Å². The molecule has 4 nitrogen and oxygen atoms in total. The molecule has 0 saturated carbocycles. The van der Waals surface area contributed by atoms with Gasteiger partial charge in [-0.05, 0) is 42.0 Å². The van der Waals surface area contributed by atoms with Gasteiger partial charge in [-0.2, -0.15) is 4.31 Å². The van der Waals surface area contributed by atoms with Gasteiger partial charge in [0.25, 0.3) is 0 Å². The average Bonchev–Trinajstić information content (AvgIpc) is 3.05. The molecule has 0 bridgehead atoms. The molecule has 0 N–H and O–H groups in total. The first-order chi connectivity index (χ1) is 12.2. The first-order valence-electron chi connectivity index (χ1n) is 7.41. The number of ether oxygens (including phenoxy) is 1. The molecule has 2 aromatic carbocycles. The molecule has 0 amide bonds. The highest BCUT2D eigenvalue weighted by atomic mass is 79.9. The van der Waals surface area contributed by atoms with Crippen LogP contribution in [-0.2, 0) is 10.0 Å². The summed E-state index contributed by atoms with van der Waals surface area (Å²) in [5.41, 5.74) is 0.844. The summed E-state index contributed by atoms with van der Waals surface area (Å²) in [6.07, 6.45) is -4.82. The Balaban J connectivity index is 1.85. The van der Waals surface area contributed by atoms with E-state index in [1.165, 1.54) is 16.1 Å². The van der Waals surface area contributed by atoms with E-state index in [1.807, 2.05) is 24.3 Å². The number of hydrogen-bond donors (Lipinski definition) is 0. The molecule has 0 spiro atoms. The number of halogens is 4. The van der Waals surface area contributed by atoms with Crippen molar-refractivity contribution in [2.45, 2.75) is 16.6 Å².